The minimum absolute atomic E-state index is 0.0320. The number of aliphatic carboxylic acids is 1. The molecule has 1 aromatic rings. The molecule has 30 nitrogen and oxygen atoms in total. The summed E-state index contributed by atoms with van der Waals surface area (Å²) in [6.07, 6.45) is 11.2. The molecule has 0 bridgehead atoms. The van der Waals surface area contributed by atoms with Gasteiger partial charge in [-0.3, -0.25) is 62.5 Å². The number of carboxylic acids is 1. The Labute approximate surface area is 528 Å². The summed E-state index contributed by atoms with van der Waals surface area (Å²) >= 11 is 0. The molecular weight excluding hydrogens is 1180 g/mol. The number of aromatic hydroxyl groups is 1. The second-order valence-corrected chi connectivity index (χ2v) is 23.0. The maximum atomic E-state index is 14.2. The fourth-order valence-electron chi connectivity index (χ4n) is 10.2. The monoisotopic (exact) mass is 1270 g/mol. The van der Waals surface area contributed by atoms with Crippen molar-refractivity contribution >= 4 is 76.9 Å². The Morgan fingerprint density at radius 1 is 0.648 bits per heavy atom. The first kappa shape index (κ1) is 74.1. The maximum Gasteiger partial charge on any atom is 0.303 e. The predicted molar refractivity (Wildman–Crippen MR) is 334 cm³/mol. The van der Waals surface area contributed by atoms with Crippen molar-refractivity contribution in [3.63, 3.8) is 0 Å². The van der Waals surface area contributed by atoms with Crippen molar-refractivity contribution in [3.8, 4) is 5.75 Å². The Kier molecular flexibility index (Phi) is 31.2. The number of hydrogen-bond acceptors (Lipinski definition) is 16. The number of nitrogens with two attached hydrogens (primary N) is 3. The van der Waals surface area contributed by atoms with Crippen LogP contribution in [0.3, 0.4) is 0 Å². The molecular formula is C61H91N15O15. The second-order valence-electron chi connectivity index (χ2n) is 23.0. The minimum Gasteiger partial charge on any atom is -0.508 e. The highest BCUT2D eigenvalue weighted by Crippen LogP contribution is 2.34. The van der Waals surface area contributed by atoms with Crippen LogP contribution in [-0.4, -0.2) is 173 Å². The summed E-state index contributed by atoms with van der Waals surface area (Å²) in [6.45, 7) is 6.39. The van der Waals surface area contributed by atoms with Crippen molar-refractivity contribution in [1.29, 1.82) is 0 Å². The van der Waals surface area contributed by atoms with Gasteiger partial charge in [-0.15, -0.1) is 0 Å². The van der Waals surface area contributed by atoms with Crippen LogP contribution >= 0.6 is 0 Å². The number of carboxylic acid groups (broad SMARTS) is 1. The average Bonchev–Trinajstić information content (AvgIpc) is 2.50. The number of nitrogens with one attached hydrogen (secondary N) is 11. The molecule has 0 saturated heterocycles. The van der Waals surface area contributed by atoms with Crippen LogP contribution < -0.4 is 75.7 Å². The van der Waals surface area contributed by atoms with Crippen molar-refractivity contribution in [3.05, 3.63) is 78.1 Å². The molecule has 1 heterocycles. The third kappa shape index (κ3) is 27.9. The summed E-state index contributed by atoms with van der Waals surface area (Å²) in [6, 6.07) is -5.94. The first-order valence-corrected chi connectivity index (χ1v) is 30.6. The molecule has 9 atom stereocenters. The Bertz CT molecular complexity index is 2870. The summed E-state index contributed by atoms with van der Waals surface area (Å²) in [7, 11) is 1.48. The van der Waals surface area contributed by atoms with Gasteiger partial charge in [0.25, 0.3) is 0 Å². The molecule has 0 unspecified atom stereocenters. The van der Waals surface area contributed by atoms with Crippen LogP contribution in [0.2, 0.25) is 0 Å². The van der Waals surface area contributed by atoms with E-state index in [0.717, 1.165) is 46.0 Å². The Morgan fingerprint density at radius 2 is 1.21 bits per heavy atom. The number of hydrogen-bond donors (Lipinski definition) is 17. The van der Waals surface area contributed by atoms with Crippen LogP contribution in [0.4, 0.5) is 0 Å². The fraction of sp³-hybridized carbons (Fsp3) is 0.557. The molecule has 1 aliphatic heterocycles. The first-order valence-electron chi connectivity index (χ1n) is 30.6. The number of nitrogens with zero attached hydrogens (tertiary/aromatic N) is 1. The summed E-state index contributed by atoms with van der Waals surface area (Å²) < 4.78 is 0. The lowest BCUT2D eigenvalue weighted by Gasteiger charge is -2.29. The number of guanidine groups is 1. The highest BCUT2D eigenvalue weighted by Gasteiger charge is 2.38. The molecule has 11 amide bonds. The highest BCUT2D eigenvalue weighted by atomic mass is 16.4. The zero-order valence-electron chi connectivity index (χ0n) is 51.8. The van der Waals surface area contributed by atoms with Gasteiger partial charge in [-0.25, -0.2) is 0 Å². The van der Waals surface area contributed by atoms with E-state index in [9.17, 15) is 72.9 Å². The zero-order chi connectivity index (χ0) is 67.2. The molecule has 2 saturated carbocycles. The van der Waals surface area contributed by atoms with Crippen molar-refractivity contribution in [2.45, 2.75) is 177 Å². The predicted octanol–water partition coefficient (Wildman–Crippen LogP) is -2.42. The normalized spacial score (nSPS) is 17.9. The van der Waals surface area contributed by atoms with Crippen molar-refractivity contribution in [2.75, 3.05) is 26.7 Å². The summed E-state index contributed by atoms with van der Waals surface area (Å²) in [5, 5.41) is 58.8. The van der Waals surface area contributed by atoms with E-state index in [1.807, 2.05) is 12.2 Å². The van der Waals surface area contributed by atoms with E-state index >= 15 is 0 Å². The van der Waals surface area contributed by atoms with Gasteiger partial charge in [-0.1, -0.05) is 88.0 Å². The lowest BCUT2D eigenvalue weighted by Crippen LogP contribution is -2.61. The summed E-state index contributed by atoms with van der Waals surface area (Å²) in [4.78, 5) is 165. The van der Waals surface area contributed by atoms with E-state index in [2.05, 4.69) is 70.1 Å². The van der Waals surface area contributed by atoms with Gasteiger partial charge in [-0.2, -0.15) is 0 Å². The largest absolute Gasteiger partial charge is 0.508 e. The van der Waals surface area contributed by atoms with Crippen LogP contribution in [0.15, 0.2) is 77.5 Å². The van der Waals surface area contributed by atoms with Crippen LogP contribution in [0.1, 0.15) is 122 Å². The SMILES string of the molecule is C=C1/C=C\C=C/CNC=C1C[C@H](NC(=O)[C@H](CCCNC(N)=NC)NC(=O)[C@H](CC1CC1)NC(=O)CNC(=O)[C@H](CC1CCCCC1)NC(=O)[C@@H](NC(=O)[C@H](CC(N)=O)NC(=O)[C@H](CCCC(=O)O)NC(=O)[C@@H](Cc1ccc(O)cc1)NC(C)=O)[C@@H](C)O)C(N)=O. The highest BCUT2D eigenvalue weighted by molar-refractivity contribution is 5.99. The van der Waals surface area contributed by atoms with E-state index in [1.165, 1.54) is 31.3 Å². The van der Waals surface area contributed by atoms with Gasteiger partial charge in [0.15, 0.2) is 5.96 Å². The van der Waals surface area contributed by atoms with Crippen molar-refractivity contribution < 1.29 is 72.9 Å². The molecule has 500 valence electrons. The number of carbonyl (C=O) groups excluding carboxylic acids is 11. The van der Waals surface area contributed by atoms with E-state index < -0.39 is 145 Å². The summed E-state index contributed by atoms with van der Waals surface area (Å²) in [5.74, 6) is -11.2. The van der Waals surface area contributed by atoms with Gasteiger partial charge in [-0.05, 0) is 86.1 Å². The molecule has 30 heteroatoms. The topological polar surface area (TPSA) is 488 Å². The molecule has 0 aromatic heterocycles. The molecule has 91 heavy (non-hydrogen) atoms. The molecule has 20 N–H and O–H groups in total. The molecule has 2 aliphatic carbocycles. The molecule has 1 aromatic carbocycles. The zero-order valence-corrected chi connectivity index (χ0v) is 51.8. The number of aliphatic hydroxyl groups is 1. The lowest BCUT2D eigenvalue weighted by atomic mass is 9.84. The molecule has 4 rings (SSSR count). The van der Waals surface area contributed by atoms with Gasteiger partial charge in [0.1, 0.15) is 54.1 Å². The Balaban J connectivity index is 1.50. The number of amides is 11. The van der Waals surface area contributed by atoms with E-state index in [4.69, 9.17) is 17.2 Å². The van der Waals surface area contributed by atoms with Crippen LogP contribution in [0.25, 0.3) is 0 Å². The second kappa shape index (κ2) is 38.3. The summed E-state index contributed by atoms with van der Waals surface area (Å²) in [5.41, 5.74) is 18.7. The first-order chi connectivity index (χ1) is 43.2. The standard InChI is InChI=1S/C61H91N15O15/c1-34-13-7-6-10-25-66-32-40(34)30-44(53(63)84)73-55(86)43(17-12-26-67-61(64)65-4)72-58(89)47(29-38-19-20-38)70-50(81)33-68-54(85)45(27-37-14-8-5-9-15-37)75-60(91)52(35(2)77)76-59(90)48(31-49(62)80)74-56(87)42(16-11-18-51(82)83)71-57(88)46(69-36(3)78)28-39-21-23-41(79)24-22-39/h6-7,10,13,21-24,32,35,37-38,42-48,52,66,77,79H,1,5,8-9,11-12,14-20,25-31,33H2,2-4H3,(H2,62,80)(H2,63,84)(H,68,85)(H,69,78)(H,70,81)(H,71,88)(H,72,89)(H,73,86)(H,74,87)(H,75,91)(H,76,90)(H,82,83)(H3,64,65,67)/b10-6-,13-7-,40-32?/t35-,42+,43+,44+,45+,46-,47+,48+,52+/m1/s1. The van der Waals surface area contributed by atoms with E-state index in [0.29, 0.717) is 36.1 Å². The smallest absolute Gasteiger partial charge is 0.303 e. The number of rotatable bonds is 37. The number of phenolic OH excluding ortho intramolecular Hbond substituents is 1. The minimum atomic E-state index is -1.87. The number of carbonyl (C=O) groups is 12. The number of phenols is 1. The van der Waals surface area contributed by atoms with Crippen molar-refractivity contribution in [2.24, 2.45) is 34.0 Å². The third-order valence-electron chi connectivity index (χ3n) is 15.4. The van der Waals surface area contributed by atoms with Gasteiger partial charge in [0.05, 0.1) is 19.1 Å². The lowest BCUT2D eigenvalue weighted by molar-refractivity contribution is -0.138. The molecule has 0 radical (unpaired) electrons. The average molecular weight is 1270 g/mol. The van der Waals surface area contributed by atoms with Crippen LogP contribution in [0.5, 0.6) is 5.75 Å². The quantitative estimate of drug-likeness (QED) is 0.0187. The molecule has 2 fully saturated rings. The molecule has 0 spiro atoms. The Morgan fingerprint density at radius 3 is 1.79 bits per heavy atom. The van der Waals surface area contributed by atoms with Gasteiger partial charge in [0.2, 0.25) is 65.0 Å². The molecule has 3 aliphatic rings. The van der Waals surface area contributed by atoms with E-state index in [-0.39, 0.29) is 81.5 Å². The van der Waals surface area contributed by atoms with Crippen LogP contribution in [0, 0.1) is 11.8 Å². The van der Waals surface area contributed by atoms with Gasteiger partial charge < -0.3 is 91.0 Å². The van der Waals surface area contributed by atoms with Crippen molar-refractivity contribution in [1.82, 2.24) is 58.5 Å². The van der Waals surface area contributed by atoms with E-state index in [1.54, 1.807) is 18.4 Å². The number of aliphatic imine (C=N–C) groups is 1. The van der Waals surface area contributed by atoms with Gasteiger partial charge >= 0.3 is 5.97 Å². The van der Waals surface area contributed by atoms with Crippen LogP contribution in [-0.2, 0) is 64.0 Å². The number of allylic oxidation sites excluding steroid dienone is 4. The maximum absolute atomic E-state index is 14.2. The Hall–Kier alpha value is -9.35. The number of aliphatic hydroxyl groups excluding tert-OH is 1. The van der Waals surface area contributed by atoms with Gasteiger partial charge in [0, 0.05) is 52.5 Å². The third-order valence-corrected chi connectivity index (χ3v) is 15.4. The fourth-order valence-corrected chi connectivity index (χ4v) is 10.2. The number of primary amides is 2. The number of benzene rings is 1.